The van der Waals surface area contributed by atoms with E-state index in [1.807, 2.05) is 62.4 Å². The van der Waals surface area contributed by atoms with E-state index in [-0.39, 0.29) is 12.0 Å². The Hall–Kier alpha value is -4.34. The Morgan fingerprint density at radius 2 is 1.09 bits per heavy atom. The van der Waals surface area contributed by atoms with Crippen LogP contribution in [0, 0.1) is 0 Å². The Labute approximate surface area is 197 Å². The maximum absolute atomic E-state index is 5.64. The Morgan fingerprint density at radius 1 is 0.647 bits per heavy atom. The van der Waals surface area contributed by atoms with Crippen molar-refractivity contribution in [1.82, 2.24) is 19.9 Å². The average Bonchev–Trinajstić information content (AvgIpc) is 2.85. The number of benzene rings is 2. The molecule has 10 heteroatoms. The summed E-state index contributed by atoms with van der Waals surface area (Å²) < 4.78 is 21.9. The lowest BCUT2D eigenvalue weighted by atomic mass is 10.2. The standard InChI is InChI=1S/C24H26N6O4/c1-5-33-23-27-19-20(21(29-23)25-15-9-7-11-17(13-15)31-3)28-24(34-6-2)30-22(19)26-16-10-8-12-18(14-16)32-4/h7-14H,5-6H2,1-4H3,(H,25,27,29)(H,26,28,30). The second kappa shape index (κ2) is 10.5. The van der Waals surface area contributed by atoms with Gasteiger partial charge in [-0.3, -0.25) is 0 Å². The van der Waals surface area contributed by atoms with Crippen LogP contribution in [0.15, 0.2) is 48.5 Å². The normalized spacial score (nSPS) is 10.6. The molecule has 0 amide bonds. The van der Waals surface area contributed by atoms with Crippen LogP contribution in [-0.2, 0) is 0 Å². The molecular formula is C24H26N6O4. The van der Waals surface area contributed by atoms with E-state index in [2.05, 4.69) is 30.6 Å². The highest BCUT2D eigenvalue weighted by molar-refractivity contribution is 5.95. The maximum atomic E-state index is 5.64. The lowest BCUT2D eigenvalue weighted by Gasteiger charge is -2.15. The van der Waals surface area contributed by atoms with Crippen LogP contribution in [-0.4, -0.2) is 47.4 Å². The summed E-state index contributed by atoms with van der Waals surface area (Å²) in [6, 6.07) is 15.4. The van der Waals surface area contributed by atoms with E-state index in [4.69, 9.17) is 18.9 Å². The summed E-state index contributed by atoms with van der Waals surface area (Å²) in [5.41, 5.74) is 2.46. The molecule has 176 valence electrons. The minimum absolute atomic E-state index is 0.196. The van der Waals surface area contributed by atoms with Crippen molar-refractivity contribution in [2.24, 2.45) is 0 Å². The van der Waals surface area contributed by atoms with E-state index in [1.165, 1.54) is 0 Å². The van der Waals surface area contributed by atoms with Crippen LogP contribution in [0.2, 0.25) is 0 Å². The zero-order chi connectivity index (χ0) is 23.9. The van der Waals surface area contributed by atoms with Gasteiger partial charge in [0.25, 0.3) is 0 Å². The maximum Gasteiger partial charge on any atom is 0.319 e. The van der Waals surface area contributed by atoms with Gasteiger partial charge in [0, 0.05) is 23.5 Å². The van der Waals surface area contributed by atoms with Crippen molar-refractivity contribution in [3.8, 4) is 23.5 Å². The molecule has 0 radical (unpaired) electrons. The monoisotopic (exact) mass is 462 g/mol. The van der Waals surface area contributed by atoms with E-state index in [9.17, 15) is 0 Å². The van der Waals surface area contributed by atoms with Crippen LogP contribution < -0.4 is 29.6 Å². The summed E-state index contributed by atoms with van der Waals surface area (Å²) in [5, 5.41) is 6.59. The average molecular weight is 463 g/mol. The number of hydrogen-bond acceptors (Lipinski definition) is 10. The fourth-order valence-corrected chi connectivity index (χ4v) is 3.21. The van der Waals surface area contributed by atoms with Gasteiger partial charge in [0.05, 0.1) is 27.4 Å². The molecule has 0 saturated heterocycles. The van der Waals surface area contributed by atoms with Crippen LogP contribution in [0.5, 0.6) is 23.5 Å². The second-order valence-electron chi connectivity index (χ2n) is 6.99. The first-order valence-electron chi connectivity index (χ1n) is 10.8. The molecule has 4 aromatic rings. The zero-order valence-corrected chi connectivity index (χ0v) is 19.5. The molecule has 2 aromatic heterocycles. The van der Waals surface area contributed by atoms with Gasteiger partial charge in [0.15, 0.2) is 11.6 Å². The van der Waals surface area contributed by atoms with E-state index >= 15 is 0 Å². The Balaban J connectivity index is 1.86. The number of hydrogen-bond donors (Lipinski definition) is 2. The third-order valence-electron chi connectivity index (χ3n) is 4.71. The molecule has 10 nitrogen and oxygen atoms in total. The number of ether oxygens (including phenoxy) is 4. The first-order valence-corrected chi connectivity index (χ1v) is 10.8. The fourth-order valence-electron chi connectivity index (χ4n) is 3.21. The molecule has 2 N–H and O–H groups in total. The van der Waals surface area contributed by atoms with Crippen molar-refractivity contribution in [3.63, 3.8) is 0 Å². The molecule has 0 aliphatic carbocycles. The number of nitrogens with zero attached hydrogens (tertiary/aromatic N) is 4. The molecular weight excluding hydrogens is 436 g/mol. The number of anilines is 4. The molecule has 0 fully saturated rings. The summed E-state index contributed by atoms with van der Waals surface area (Å²) in [4.78, 5) is 18.2. The van der Waals surface area contributed by atoms with Gasteiger partial charge >= 0.3 is 12.0 Å². The first kappa shape index (κ1) is 22.8. The number of fused-ring (bicyclic) bond motifs is 1. The molecule has 0 saturated carbocycles. The van der Waals surface area contributed by atoms with E-state index in [1.54, 1.807) is 14.2 Å². The van der Waals surface area contributed by atoms with E-state index in [0.717, 1.165) is 11.4 Å². The predicted octanol–water partition coefficient (Wildman–Crippen LogP) is 4.72. The molecule has 0 unspecified atom stereocenters. The molecule has 34 heavy (non-hydrogen) atoms. The molecule has 0 aliphatic heterocycles. The van der Waals surface area contributed by atoms with Gasteiger partial charge in [-0.1, -0.05) is 12.1 Å². The van der Waals surface area contributed by atoms with Gasteiger partial charge in [-0.05, 0) is 38.1 Å². The van der Waals surface area contributed by atoms with Crippen LogP contribution in [0.1, 0.15) is 13.8 Å². The lowest BCUT2D eigenvalue weighted by molar-refractivity contribution is 0.311. The van der Waals surface area contributed by atoms with Gasteiger partial charge in [0.2, 0.25) is 0 Å². The van der Waals surface area contributed by atoms with Crippen molar-refractivity contribution in [2.75, 3.05) is 38.1 Å². The highest BCUT2D eigenvalue weighted by Crippen LogP contribution is 2.32. The number of aromatic nitrogens is 4. The van der Waals surface area contributed by atoms with Crippen LogP contribution >= 0.6 is 0 Å². The molecule has 4 rings (SSSR count). The Morgan fingerprint density at radius 3 is 1.47 bits per heavy atom. The number of nitrogens with one attached hydrogen (secondary N) is 2. The summed E-state index contributed by atoms with van der Waals surface area (Å²) in [7, 11) is 3.23. The summed E-state index contributed by atoms with van der Waals surface area (Å²) in [6.45, 7) is 4.54. The van der Waals surface area contributed by atoms with Crippen molar-refractivity contribution in [2.45, 2.75) is 13.8 Å². The van der Waals surface area contributed by atoms with Gasteiger partial charge in [-0.2, -0.15) is 19.9 Å². The molecule has 0 atom stereocenters. The van der Waals surface area contributed by atoms with Crippen molar-refractivity contribution < 1.29 is 18.9 Å². The van der Waals surface area contributed by atoms with E-state index < -0.39 is 0 Å². The molecule has 0 spiro atoms. The minimum Gasteiger partial charge on any atom is -0.497 e. The fraction of sp³-hybridized carbons (Fsp3) is 0.250. The third kappa shape index (κ3) is 5.17. The second-order valence-corrected chi connectivity index (χ2v) is 6.99. The Bertz CT molecular complexity index is 1190. The van der Waals surface area contributed by atoms with Gasteiger partial charge < -0.3 is 29.6 Å². The van der Waals surface area contributed by atoms with Crippen LogP contribution in [0.25, 0.3) is 11.0 Å². The number of rotatable bonds is 10. The van der Waals surface area contributed by atoms with Crippen molar-refractivity contribution in [1.29, 1.82) is 0 Å². The van der Waals surface area contributed by atoms with Crippen molar-refractivity contribution in [3.05, 3.63) is 48.5 Å². The zero-order valence-electron chi connectivity index (χ0n) is 19.5. The predicted molar refractivity (Wildman–Crippen MR) is 130 cm³/mol. The largest absolute Gasteiger partial charge is 0.497 e. The number of methoxy groups -OCH3 is 2. The lowest BCUT2D eigenvalue weighted by Crippen LogP contribution is -2.08. The van der Waals surface area contributed by atoms with Crippen LogP contribution in [0.3, 0.4) is 0 Å². The highest BCUT2D eigenvalue weighted by atomic mass is 16.5. The third-order valence-corrected chi connectivity index (χ3v) is 4.71. The topological polar surface area (TPSA) is 113 Å². The SMILES string of the molecule is CCOc1nc(Nc2cccc(OC)c2)c2nc(OCC)nc(Nc3cccc(OC)c3)c2n1. The van der Waals surface area contributed by atoms with Gasteiger partial charge in [-0.15, -0.1) is 0 Å². The van der Waals surface area contributed by atoms with Crippen LogP contribution in [0.4, 0.5) is 23.0 Å². The molecule has 2 heterocycles. The minimum atomic E-state index is 0.196. The first-order chi connectivity index (χ1) is 16.6. The highest BCUT2D eigenvalue weighted by Gasteiger charge is 2.18. The van der Waals surface area contributed by atoms with E-state index in [0.29, 0.717) is 47.4 Å². The summed E-state index contributed by atoms with van der Waals surface area (Å²) in [5.74, 6) is 2.30. The molecule has 0 aliphatic rings. The van der Waals surface area contributed by atoms with Gasteiger partial charge in [0.1, 0.15) is 22.5 Å². The van der Waals surface area contributed by atoms with Gasteiger partial charge in [-0.25, -0.2) is 0 Å². The smallest absolute Gasteiger partial charge is 0.319 e. The molecule has 0 bridgehead atoms. The summed E-state index contributed by atoms with van der Waals surface area (Å²) in [6.07, 6.45) is 0. The summed E-state index contributed by atoms with van der Waals surface area (Å²) >= 11 is 0. The Kier molecular flexibility index (Phi) is 7.07. The van der Waals surface area contributed by atoms with Crippen molar-refractivity contribution >= 4 is 34.0 Å². The molecule has 2 aromatic carbocycles. The quantitative estimate of drug-likeness (QED) is 0.343.